The van der Waals surface area contributed by atoms with E-state index in [-0.39, 0.29) is 5.91 Å². The van der Waals surface area contributed by atoms with Crippen LogP contribution in [0.3, 0.4) is 0 Å². The first kappa shape index (κ1) is 18.0. The summed E-state index contributed by atoms with van der Waals surface area (Å²) in [6.45, 7) is 3.33. The predicted octanol–water partition coefficient (Wildman–Crippen LogP) is 2.32. The van der Waals surface area contributed by atoms with Crippen LogP contribution < -0.4 is 15.0 Å². The highest BCUT2D eigenvalue weighted by molar-refractivity contribution is 5.99. The summed E-state index contributed by atoms with van der Waals surface area (Å²) in [5.74, 6) is 0.883. The van der Waals surface area contributed by atoms with E-state index in [2.05, 4.69) is 43.7 Å². The molecule has 2 aromatic carbocycles. The summed E-state index contributed by atoms with van der Waals surface area (Å²) in [4.78, 5) is 13.9. The van der Waals surface area contributed by atoms with Crippen molar-refractivity contribution in [3.8, 4) is 5.75 Å². The number of methoxy groups -OCH3 is 1. The Morgan fingerprint density at radius 2 is 1.81 bits per heavy atom. The maximum absolute atomic E-state index is 12.5. The van der Waals surface area contributed by atoms with Crippen LogP contribution in [0.5, 0.6) is 5.75 Å². The van der Waals surface area contributed by atoms with Crippen LogP contribution in [-0.2, 0) is 13.1 Å². The van der Waals surface area contributed by atoms with Crippen molar-refractivity contribution in [2.45, 2.75) is 20.0 Å². The normalized spacial score (nSPS) is 11.1. The summed E-state index contributed by atoms with van der Waals surface area (Å²) in [6, 6.07) is 13.8. The third-order valence-corrected chi connectivity index (χ3v) is 4.38. The van der Waals surface area contributed by atoms with E-state index in [9.17, 15) is 4.79 Å². The molecule has 0 aliphatic carbocycles. The molecule has 0 spiro atoms. The minimum atomic E-state index is -0.209. The van der Waals surface area contributed by atoms with Crippen LogP contribution in [0.4, 0.5) is 0 Å². The maximum Gasteiger partial charge on any atom is 0.287 e. The average Bonchev–Trinajstić information content (AvgIpc) is 2.96. The topological polar surface area (TPSA) is 55.9 Å². The van der Waals surface area contributed by atoms with Gasteiger partial charge in [0.15, 0.2) is 5.76 Å². The largest absolute Gasteiger partial charge is 0.497 e. The molecule has 0 fully saturated rings. The van der Waals surface area contributed by atoms with Gasteiger partial charge in [-0.05, 0) is 30.7 Å². The molecule has 0 aliphatic rings. The Morgan fingerprint density at radius 3 is 2.46 bits per heavy atom. The van der Waals surface area contributed by atoms with E-state index in [1.807, 2.05) is 25.1 Å². The number of carbonyl (C=O) groups excluding carboxylic acids is 1. The number of benzene rings is 2. The zero-order valence-corrected chi connectivity index (χ0v) is 15.7. The van der Waals surface area contributed by atoms with Crippen molar-refractivity contribution in [2.24, 2.45) is 0 Å². The minimum absolute atomic E-state index is 0.209. The number of aryl methyl sites for hydroxylation is 1. The lowest BCUT2D eigenvalue weighted by molar-refractivity contribution is -0.872. The van der Waals surface area contributed by atoms with Crippen molar-refractivity contribution in [1.29, 1.82) is 0 Å². The van der Waals surface area contributed by atoms with Crippen molar-refractivity contribution in [1.82, 2.24) is 5.32 Å². The van der Waals surface area contributed by atoms with Gasteiger partial charge in [-0.3, -0.25) is 4.79 Å². The maximum atomic E-state index is 12.5. The number of ether oxygens (including phenoxy) is 1. The van der Waals surface area contributed by atoms with E-state index in [0.29, 0.717) is 17.9 Å². The molecule has 1 heterocycles. The molecule has 5 heteroatoms. The van der Waals surface area contributed by atoms with Crippen LogP contribution >= 0.6 is 0 Å². The molecular weight excluding hydrogens is 328 g/mol. The lowest BCUT2D eigenvalue weighted by Crippen LogP contribution is -3.04. The molecule has 2 N–H and O–H groups in total. The standard InChI is InChI=1S/C21H24N2O3/c1-14-18-11-17(25-4)9-10-19(18)26-20(14)21(24)22-12-15-5-7-16(8-6-15)13-23(2)3/h5-11H,12-13H2,1-4H3,(H,22,24)/p+1. The summed E-state index contributed by atoms with van der Waals surface area (Å²) in [7, 11) is 5.87. The number of nitrogens with one attached hydrogen (secondary N) is 2. The molecule has 0 radical (unpaired) electrons. The van der Waals surface area contributed by atoms with Gasteiger partial charge >= 0.3 is 0 Å². The van der Waals surface area contributed by atoms with Gasteiger partial charge < -0.3 is 19.4 Å². The second-order valence-electron chi connectivity index (χ2n) is 6.80. The fourth-order valence-electron chi connectivity index (χ4n) is 2.99. The van der Waals surface area contributed by atoms with E-state index in [4.69, 9.17) is 9.15 Å². The highest BCUT2D eigenvalue weighted by Crippen LogP contribution is 2.28. The van der Waals surface area contributed by atoms with E-state index in [0.717, 1.165) is 28.8 Å². The number of hydrogen-bond acceptors (Lipinski definition) is 3. The minimum Gasteiger partial charge on any atom is -0.497 e. The van der Waals surface area contributed by atoms with Gasteiger partial charge in [-0.2, -0.15) is 0 Å². The Hall–Kier alpha value is -2.79. The Bertz CT molecular complexity index is 911. The lowest BCUT2D eigenvalue weighted by Gasteiger charge is -2.08. The SMILES string of the molecule is COc1ccc2oc(C(=O)NCc3ccc(C[NH+](C)C)cc3)c(C)c2c1. The summed E-state index contributed by atoms with van der Waals surface area (Å²) in [5.41, 5.74) is 3.85. The van der Waals surface area contributed by atoms with Crippen molar-refractivity contribution >= 4 is 16.9 Å². The highest BCUT2D eigenvalue weighted by atomic mass is 16.5. The second-order valence-corrected chi connectivity index (χ2v) is 6.80. The van der Waals surface area contributed by atoms with Crippen LogP contribution in [-0.4, -0.2) is 27.1 Å². The first-order chi connectivity index (χ1) is 12.5. The molecule has 1 aromatic heterocycles. The summed E-state index contributed by atoms with van der Waals surface area (Å²) in [5, 5.41) is 3.83. The zero-order valence-electron chi connectivity index (χ0n) is 15.7. The van der Waals surface area contributed by atoms with E-state index >= 15 is 0 Å². The van der Waals surface area contributed by atoms with E-state index in [1.165, 1.54) is 10.5 Å². The number of furan rings is 1. The predicted molar refractivity (Wildman–Crippen MR) is 102 cm³/mol. The van der Waals surface area contributed by atoms with Crippen molar-refractivity contribution in [2.75, 3.05) is 21.2 Å². The van der Waals surface area contributed by atoms with E-state index in [1.54, 1.807) is 7.11 Å². The van der Waals surface area contributed by atoms with E-state index < -0.39 is 0 Å². The number of rotatable bonds is 6. The van der Waals surface area contributed by atoms with Gasteiger partial charge in [0, 0.05) is 23.1 Å². The molecule has 5 nitrogen and oxygen atoms in total. The first-order valence-electron chi connectivity index (χ1n) is 8.70. The molecule has 136 valence electrons. The molecule has 0 aliphatic heterocycles. The van der Waals surface area contributed by atoms with Crippen LogP contribution in [0.25, 0.3) is 11.0 Å². The Morgan fingerprint density at radius 1 is 1.12 bits per heavy atom. The molecule has 0 saturated carbocycles. The molecule has 3 aromatic rings. The molecule has 0 unspecified atom stereocenters. The number of carbonyl (C=O) groups is 1. The van der Waals surface area contributed by atoms with Crippen LogP contribution in [0.1, 0.15) is 27.2 Å². The first-order valence-corrected chi connectivity index (χ1v) is 8.70. The highest BCUT2D eigenvalue weighted by Gasteiger charge is 2.17. The van der Waals surface area contributed by atoms with Gasteiger partial charge in [-0.15, -0.1) is 0 Å². The number of hydrogen-bond donors (Lipinski definition) is 2. The summed E-state index contributed by atoms with van der Waals surface area (Å²) in [6.07, 6.45) is 0. The average molecular weight is 353 g/mol. The quantitative estimate of drug-likeness (QED) is 0.715. The van der Waals surface area contributed by atoms with Crippen molar-refractivity contribution in [3.63, 3.8) is 0 Å². The Kier molecular flexibility index (Phi) is 5.28. The van der Waals surface area contributed by atoms with Crippen LogP contribution in [0.2, 0.25) is 0 Å². The monoisotopic (exact) mass is 353 g/mol. The van der Waals surface area contributed by atoms with Crippen molar-refractivity contribution in [3.05, 3.63) is 64.9 Å². The Balaban J connectivity index is 1.70. The van der Waals surface area contributed by atoms with Gasteiger partial charge in [-0.1, -0.05) is 24.3 Å². The molecule has 3 rings (SSSR count). The summed E-state index contributed by atoms with van der Waals surface area (Å²) < 4.78 is 11.0. The van der Waals surface area contributed by atoms with Gasteiger partial charge in [0.25, 0.3) is 5.91 Å². The van der Waals surface area contributed by atoms with Crippen molar-refractivity contribution < 1.29 is 18.8 Å². The third-order valence-electron chi connectivity index (χ3n) is 4.38. The third kappa shape index (κ3) is 3.89. The van der Waals surface area contributed by atoms with Crippen LogP contribution in [0.15, 0.2) is 46.9 Å². The molecule has 0 saturated heterocycles. The molecule has 1 amide bonds. The van der Waals surface area contributed by atoms with Crippen LogP contribution in [0, 0.1) is 6.92 Å². The molecule has 26 heavy (non-hydrogen) atoms. The second kappa shape index (κ2) is 7.62. The fraction of sp³-hybridized carbons (Fsp3) is 0.286. The molecule has 0 atom stereocenters. The number of fused-ring (bicyclic) bond motifs is 1. The van der Waals surface area contributed by atoms with Gasteiger partial charge in [-0.25, -0.2) is 0 Å². The zero-order chi connectivity index (χ0) is 18.7. The number of amides is 1. The Labute approximate surface area is 153 Å². The van der Waals surface area contributed by atoms with Gasteiger partial charge in [0.05, 0.1) is 21.2 Å². The fourth-order valence-corrected chi connectivity index (χ4v) is 2.99. The molecule has 0 bridgehead atoms. The number of quaternary nitrogens is 1. The van der Waals surface area contributed by atoms with Gasteiger partial charge in [0.1, 0.15) is 17.9 Å². The summed E-state index contributed by atoms with van der Waals surface area (Å²) >= 11 is 0. The lowest BCUT2D eigenvalue weighted by atomic mass is 10.1. The smallest absolute Gasteiger partial charge is 0.287 e. The molecular formula is C21H25N2O3+. The van der Waals surface area contributed by atoms with Gasteiger partial charge in [0.2, 0.25) is 0 Å².